The fourth-order valence-electron chi connectivity index (χ4n) is 1.51. The zero-order valence-corrected chi connectivity index (χ0v) is 11.3. The second kappa shape index (κ2) is 4.58. The van der Waals surface area contributed by atoms with Crippen LogP contribution in [0.3, 0.4) is 0 Å². The number of thiophene rings is 1. The van der Waals surface area contributed by atoms with Gasteiger partial charge < -0.3 is 11.1 Å². The lowest BCUT2D eigenvalue weighted by Crippen LogP contribution is -2.31. The first-order chi connectivity index (χ1) is 8.02. The summed E-state index contributed by atoms with van der Waals surface area (Å²) in [6.45, 7) is 7.82. The molecule has 0 radical (unpaired) electrons. The standard InChI is InChI=1S/C12H18N4S/c1-8-4-9-10(14-6-12(2,3)5-13)15-7-16-11(9)17-8/h4,7H,5-6,13H2,1-3H3,(H,14,15,16). The van der Waals surface area contributed by atoms with Crippen LogP contribution in [0.15, 0.2) is 12.4 Å². The van der Waals surface area contributed by atoms with Gasteiger partial charge in [-0.3, -0.25) is 0 Å². The zero-order chi connectivity index (χ0) is 12.5. The van der Waals surface area contributed by atoms with Gasteiger partial charge in [-0.15, -0.1) is 11.3 Å². The molecule has 0 unspecified atom stereocenters. The topological polar surface area (TPSA) is 63.8 Å². The quantitative estimate of drug-likeness (QED) is 0.874. The van der Waals surface area contributed by atoms with Gasteiger partial charge in [-0.25, -0.2) is 9.97 Å². The molecule has 0 amide bonds. The summed E-state index contributed by atoms with van der Waals surface area (Å²) in [6, 6.07) is 2.12. The molecule has 2 aromatic rings. The summed E-state index contributed by atoms with van der Waals surface area (Å²) in [6.07, 6.45) is 1.61. The highest BCUT2D eigenvalue weighted by molar-refractivity contribution is 7.18. The highest BCUT2D eigenvalue weighted by Crippen LogP contribution is 2.28. The SMILES string of the molecule is Cc1cc2c(NCC(C)(C)CN)ncnc2s1. The number of aromatic nitrogens is 2. The summed E-state index contributed by atoms with van der Waals surface area (Å²) in [7, 11) is 0. The Hall–Kier alpha value is -1.20. The summed E-state index contributed by atoms with van der Waals surface area (Å²) in [5.74, 6) is 0.904. The number of hydrogen-bond donors (Lipinski definition) is 2. The van der Waals surface area contributed by atoms with Crippen molar-refractivity contribution in [2.45, 2.75) is 20.8 Å². The van der Waals surface area contributed by atoms with Gasteiger partial charge in [0.2, 0.25) is 0 Å². The Morgan fingerprint density at radius 2 is 2.18 bits per heavy atom. The van der Waals surface area contributed by atoms with Gasteiger partial charge in [0.25, 0.3) is 0 Å². The van der Waals surface area contributed by atoms with Crippen LogP contribution in [0.5, 0.6) is 0 Å². The summed E-state index contributed by atoms with van der Waals surface area (Å²) in [4.78, 5) is 10.9. The van der Waals surface area contributed by atoms with Crippen LogP contribution in [0.25, 0.3) is 10.2 Å². The molecule has 0 atom stereocenters. The van der Waals surface area contributed by atoms with E-state index in [2.05, 4.69) is 42.1 Å². The Kier molecular flexibility index (Phi) is 3.31. The summed E-state index contributed by atoms with van der Waals surface area (Å²) >= 11 is 1.69. The largest absolute Gasteiger partial charge is 0.369 e. The number of fused-ring (bicyclic) bond motifs is 1. The molecule has 2 rings (SSSR count). The molecule has 0 aliphatic heterocycles. The van der Waals surface area contributed by atoms with Gasteiger partial charge >= 0.3 is 0 Å². The molecule has 2 aromatic heterocycles. The van der Waals surface area contributed by atoms with Gasteiger partial charge in [0.15, 0.2) is 0 Å². The van der Waals surface area contributed by atoms with Gasteiger partial charge in [-0.1, -0.05) is 13.8 Å². The third-order valence-electron chi connectivity index (χ3n) is 2.74. The van der Waals surface area contributed by atoms with Crippen LogP contribution in [0, 0.1) is 12.3 Å². The van der Waals surface area contributed by atoms with Crippen LogP contribution in [0.2, 0.25) is 0 Å². The number of nitrogens with zero attached hydrogens (tertiary/aromatic N) is 2. The molecule has 0 aliphatic carbocycles. The van der Waals surface area contributed by atoms with Gasteiger partial charge in [-0.2, -0.15) is 0 Å². The minimum absolute atomic E-state index is 0.0718. The van der Waals surface area contributed by atoms with Gasteiger partial charge in [0, 0.05) is 11.4 Å². The monoisotopic (exact) mass is 250 g/mol. The number of hydrogen-bond acceptors (Lipinski definition) is 5. The summed E-state index contributed by atoms with van der Waals surface area (Å²) in [5, 5.41) is 4.47. The van der Waals surface area contributed by atoms with Crippen LogP contribution < -0.4 is 11.1 Å². The van der Waals surface area contributed by atoms with Gasteiger partial charge in [0.1, 0.15) is 17.0 Å². The van der Waals surface area contributed by atoms with E-state index in [9.17, 15) is 0 Å². The minimum Gasteiger partial charge on any atom is -0.369 e. The molecular weight excluding hydrogens is 232 g/mol. The molecule has 4 nitrogen and oxygen atoms in total. The molecule has 0 saturated heterocycles. The van der Waals surface area contributed by atoms with Gasteiger partial charge in [0.05, 0.1) is 5.39 Å². The van der Waals surface area contributed by atoms with E-state index in [1.54, 1.807) is 17.7 Å². The second-order valence-electron chi connectivity index (χ2n) is 5.02. The van der Waals surface area contributed by atoms with Crippen molar-refractivity contribution in [1.29, 1.82) is 0 Å². The first kappa shape index (κ1) is 12.3. The molecule has 0 spiro atoms. The molecule has 3 N–H and O–H groups in total. The highest BCUT2D eigenvalue weighted by Gasteiger charge is 2.16. The second-order valence-corrected chi connectivity index (χ2v) is 6.25. The van der Waals surface area contributed by atoms with Gasteiger partial charge in [-0.05, 0) is 24.9 Å². The van der Waals surface area contributed by atoms with Crippen LogP contribution in [-0.4, -0.2) is 23.1 Å². The number of nitrogens with one attached hydrogen (secondary N) is 1. The van der Waals surface area contributed by atoms with Crippen molar-refractivity contribution in [3.63, 3.8) is 0 Å². The van der Waals surface area contributed by atoms with Crippen molar-refractivity contribution < 1.29 is 0 Å². The molecule has 0 fully saturated rings. The lowest BCUT2D eigenvalue weighted by atomic mass is 9.94. The van der Waals surface area contributed by atoms with Crippen molar-refractivity contribution in [1.82, 2.24) is 9.97 Å². The maximum Gasteiger partial charge on any atom is 0.138 e. The van der Waals surface area contributed by atoms with E-state index in [1.165, 1.54) is 4.88 Å². The Morgan fingerprint density at radius 1 is 1.41 bits per heavy atom. The predicted molar refractivity (Wildman–Crippen MR) is 73.5 cm³/mol. The van der Waals surface area contributed by atoms with Crippen molar-refractivity contribution in [2.24, 2.45) is 11.1 Å². The number of aryl methyl sites for hydroxylation is 1. The normalized spacial score (nSPS) is 12.0. The Morgan fingerprint density at radius 3 is 2.88 bits per heavy atom. The molecule has 0 aliphatic rings. The lowest BCUT2D eigenvalue weighted by molar-refractivity contribution is 0.405. The first-order valence-electron chi connectivity index (χ1n) is 5.67. The van der Waals surface area contributed by atoms with E-state index in [4.69, 9.17) is 5.73 Å². The summed E-state index contributed by atoms with van der Waals surface area (Å²) in [5.41, 5.74) is 5.79. The molecule has 92 valence electrons. The van der Waals surface area contributed by atoms with Crippen LogP contribution >= 0.6 is 11.3 Å². The number of anilines is 1. The predicted octanol–water partition coefficient (Wildman–Crippen LogP) is 2.40. The molecule has 5 heteroatoms. The van der Waals surface area contributed by atoms with E-state index in [1.807, 2.05) is 0 Å². The molecule has 17 heavy (non-hydrogen) atoms. The Balaban J connectivity index is 2.24. The third-order valence-corrected chi connectivity index (χ3v) is 3.70. The molecule has 0 aromatic carbocycles. The van der Waals surface area contributed by atoms with Crippen LogP contribution in [-0.2, 0) is 0 Å². The Labute approximate surface area is 105 Å². The van der Waals surface area contributed by atoms with E-state index < -0.39 is 0 Å². The fourth-order valence-corrected chi connectivity index (χ4v) is 2.36. The Bertz CT molecular complexity index is 518. The number of nitrogens with two attached hydrogens (primary N) is 1. The molecular formula is C12H18N4S. The fraction of sp³-hybridized carbons (Fsp3) is 0.500. The van der Waals surface area contributed by atoms with E-state index in [0.29, 0.717) is 6.54 Å². The summed E-state index contributed by atoms with van der Waals surface area (Å²) < 4.78 is 0. The van der Waals surface area contributed by atoms with Crippen LogP contribution in [0.1, 0.15) is 18.7 Å². The maximum atomic E-state index is 5.72. The van der Waals surface area contributed by atoms with Crippen molar-refractivity contribution in [3.05, 3.63) is 17.3 Å². The maximum absolute atomic E-state index is 5.72. The first-order valence-corrected chi connectivity index (χ1v) is 6.48. The molecule has 2 heterocycles. The van der Waals surface area contributed by atoms with E-state index >= 15 is 0 Å². The zero-order valence-electron chi connectivity index (χ0n) is 10.4. The average Bonchev–Trinajstić information content (AvgIpc) is 2.67. The third kappa shape index (κ3) is 2.73. The number of rotatable bonds is 4. The highest BCUT2D eigenvalue weighted by atomic mass is 32.1. The molecule has 0 bridgehead atoms. The van der Waals surface area contributed by atoms with Crippen molar-refractivity contribution >= 4 is 27.4 Å². The molecule has 0 saturated carbocycles. The van der Waals surface area contributed by atoms with Crippen molar-refractivity contribution in [2.75, 3.05) is 18.4 Å². The lowest BCUT2D eigenvalue weighted by Gasteiger charge is -2.23. The van der Waals surface area contributed by atoms with E-state index in [-0.39, 0.29) is 5.41 Å². The van der Waals surface area contributed by atoms with Crippen molar-refractivity contribution in [3.8, 4) is 0 Å². The average molecular weight is 250 g/mol. The smallest absolute Gasteiger partial charge is 0.138 e. The van der Waals surface area contributed by atoms with E-state index in [0.717, 1.165) is 22.6 Å². The minimum atomic E-state index is 0.0718. The van der Waals surface area contributed by atoms with Crippen LogP contribution in [0.4, 0.5) is 5.82 Å².